The van der Waals surface area contributed by atoms with Crippen molar-refractivity contribution in [2.24, 2.45) is 7.05 Å². The summed E-state index contributed by atoms with van der Waals surface area (Å²) in [5.74, 6) is 0. The maximum Gasteiger partial charge on any atom is 0.0961 e. The van der Waals surface area contributed by atoms with E-state index in [1.807, 2.05) is 17.9 Å². The molecule has 1 aromatic heterocycles. The summed E-state index contributed by atoms with van der Waals surface area (Å²) in [5.41, 5.74) is 5.48. The zero-order valence-corrected chi connectivity index (χ0v) is 15.0. The first kappa shape index (κ1) is 15.9. The van der Waals surface area contributed by atoms with Gasteiger partial charge in [-0.3, -0.25) is 9.58 Å². The van der Waals surface area contributed by atoms with Crippen molar-refractivity contribution in [2.45, 2.75) is 51.3 Å². The van der Waals surface area contributed by atoms with Gasteiger partial charge in [-0.15, -0.1) is 0 Å². The average molecular weight is 325 g/mol. The minimum Gasteiger partial charge on any atom is -0.370 e. The van der Waals surface area contributed by atoms with E-state index >= 15 is 0 Å². The van der Waals surface area contributed by atoms with Crippen LogP contribution in [0.4, 0.5) is 0 Å². The molecule has 2 aromatic rings. The lowest BCUT2D eigenvalue weighted by Gasteiger charge is -2.48. The predicted octanol–water partition coefficient (Wildman–Crippen LogP) is 3.18. The first-order valence-electron chi connectivity index (χ1n) is 9.01. The third-order valence-corrected chi connectivity index (χ3v) is 5.70. The monoisotopic (exact) mass is 325 g/mol. The van der Waals surface area contributed by atoms with Gasteiger partial charge in [-0.25, -0.2) is 0 Å². The Morgan fingerprint density at radius 1 is 1.38 bits per heavy atom. The van der Waals surface area contributed by atoms with E-state index in [0.717, 1.165) is 39.0 Å². The SMILES string of the molecule is Cc1ccc2c(c1)[C@]1(CCN(Cc3cnn(C)c3)[C@@H](C)C1)OCC2. The van der Waals surface area contributed by atoms with E-state index in [4.69, 9.17) is 4.74 Å². The van der Waals surface area contributed by atoms with Gasteiger partial charge < -0.3 is 4.74 Å². The van der Waals surface area contributed by atoms with Gasteiger partial charge in [-0.05, 0) is 44.2 Å². The number of piperidine rings is 1. The maximum absolute atomic E-state index is 6.42. The second kappa shape index (κ2) is 6.01. The number of nitrogens with zero attached hydrogens (tertiary/aromatic N) is 3. The van der Waals surface area contributed by atoms with Crippen molar-refractivity contribution in [3.05, 3.63) is 52.8 Å². The topological polar surface area (TPSA) is 30.3 Å². The zero-order chi connectivity index (χ0) is 16.7. The van der Waals surface area contributed by atoms with Gasteiger partial charge in [0.15, 0.2) is 0 Å². The Balaban J connectivity index is 1.55. The number of hydrogen-bond acceptors (Lipinski definition) is 3. The molecular formula is C20H27N3O. The van der Waals surface area contributed by atoms with Crippen LogP contribution in [0.3, 0.4) is 0 Å². The fourth-order valence-corrected chi connectivity index (χ4v) is 4.42. The van der Waals surface area contributed by atoms with Crippen molar-refractivity contribution in [2.75, 3.05) is 13.2 Å². The van der Waals surface area contributed by atoms with Crippen LogP contribution in [-0.4, -0.2) is 33.9 Å². The highest BCUT2D eigenvalue weighted by molar-refractivity contribution is 5.38. The second-order valence-corrected chi connectivity index (χ2v) is 7.55. The van der Waals surface area contributed by atoms with Crippen molar-refractivity contribution < 1.29 is 4.74 Å². The predicted molar refractivity (Wildman–Crippen MR) is 94.8 cm³/mol. The maximum atomic E-state index is 6.42. The Labute approximate surface area is 144 Å². The number of benzene rings is 1. The van der Waals surface area contributed by atoms with Crippen LogP contribution in [0.15, 0.2) is 30.6 Å². The highest BCUT2D eigenvalue weighted by atomic mass is 16.5. The molecule has 2 aliphatic heterocycles. The molecule has 1 aromatic carbocycles. The summed E-state index contributed by atoms with van der Waals surface area (Å²) in [6, 6.07) is 7.41. The molecule has 4 nitrogen and oxygen atoms in total. The summed E-state index contributed by atoms with van der Waals surface area (Å²) < 4.78 is 8.30. The molecule has 1 saturated heterocycles. The third-order valence-electron chi connectivity index (χ3n) is 5.70. The number of rotatable bonds is 2. The molecule has 128 valence electrons. The first-order valence-corrected chi connectivity index (χ1v) is 9.01. The van der Waals surface area contributed by atoms with Crippen molar-refractivity contribution in [3.63, 3.8) is 0 Å². The van der Waals surface area contributed by atoms with E-state index in [1.165, 1.54) is 22.3 Å². The average Bonchev–Trinajstić information content (AvgIpc) is 2.96. The summed E-state index contributed by atoms with van der Waals surface area (Å²) in [5, 5.41) is 4.30. The molecule has 0 radical (unpaired) electrons. The highest BCUT2D eigenvalue weighted by Gasteiger charge is 2.43. The Kier molecular flexibility index (Phi) is 3.97. The Bertz CT molecular complexity index is 738. The quantitative estimate of drug-likeness (QED) is 0.849. The number of aryl methyl sites for hydroxylation is 2. The molecule has 1 spiro atoms. The molecule has 0 aliphatic carbocycles. The largest absolute Gasteiger partial charge is 0.370 e. The summed E-state index contributed by atoms with van der Waals surface area (Å²) in [6.45, 7) is 7.43. The van der Waals surface area contributed by atoms with E-state index in [-0.39, 0.29) is 5.60 Å². The van der Waals surface area contributed by atoms with Crippen LogP contribution in [0, 0.1) is 6.92 Å². The Morgan fingerprint density at radius 2 is 2.25 bits per heavy atom. The number of aromatic nitrogens is 2. The molecule has 4 heteroatoms. The van der Waals surface area contributed by atoms with E-state index in [1.54, 1.807) is 0 Å². The molecule has 4 rings (SSSR count). The van der Waals surface area contributed by atoms with Gasteiger partial charge in [-0.2, -0.15) is 5.10 Å². The Hall–Kier alpha value is -1.65. The molecule has 2 aliphatic rings. The van der Waals surface area contributed by atoms with E-state index in [9.17, 15) is 0 Å². The molecule has 0 amide bonds. The van der Waals surface area contributed by atoms with Crippen LogP contribution in [-0.2, 0) is 30.4 Å². The van der Waals surface area contributed by atoms with Crippen molar-refractivity contribution in [1.29, 1.82) is 0 Å². The lowest BCUT2D eigenvalue weighted by atomic mass is 9.76. The number of ether oxygens (including phenoxy) is 1. The highest BCUT2D eigenvalue weighted by Crippen LogP contribution is 2.44. The molecule has 3 heterocycles. The second-order valence-electron chi connectivity index (χ2n) is 7.55. The third kappa shape index (κ3) is 2.78. The van der Waals surface area contributed by atoms with Gasteiger partial charge in [0.25, 0.3) is 0 Å². The van der Waals surface area contributed by atoms with Crippen molar-refractivity contribution in [1.82, 2.24) is 14.7 Å². The zero-order valence-electron chi connectivity index (χ0n) is 15.0. The van der Waals surface area contributed by atoms with Crippen LogP contribution in [0.1, 0.15) is 42.0 Å². The van der Waals surface area contributed by atoms with Crippen LogP contribution in [0.5, 0.6) is 0 Å². The molecule has 0 N–H and O–H groups in total. The van der Waals surface area contributed by atoms with Crippen molar-refractivity contribution >= 4 is 0 Å². The summed E-state index contributed by atoms with van der Waals surface area (Å²) >= 11 is 0. The van der Waals surface area contributed by atoms with Crippen LogP contribution < -0.4 is 0 Å². The lowest BCUT2D eigenvalue weighted by molar-refractivity contribution is -0.113. The summed E-state index contributed by atoms with van der Waals surface area (Å²) in [7, 11) is 1.98. The molecule has 1 fully saturated rings. The van der Waals surface area contributed by atoms with Crippen LogP contribution >= 0.6 is 0 Å². The van der Waals surface area contributed by atoms with E-state index in [2.05, 4.69) is 48.2 Å². The minimum absolute atomic E-state index is 0.0789. The number of likely N-dealkylation sites (tertiary alicyclic amines) is 1. The van der Waals surface area contributed by atoms with Gasteiger partial charge in [-0.1, -0.05) is 23.8 Å². The van der Waals surface area contributed by atoms with Gasteiger partial charge in [0.1, 0.15) is 0 Å². The Morgan fingerprint density at radius 3 is 3.00 bits per heavy atom. The summed E-state index contributed by atoms with van der Waals surface area (Å²) in [6.07, 6.45) is 7.29. The number of hydrogen-bond donors (Lipinski definition) is 0. The van der Waals surface area contributed by atoms with Gasteiger partial charge in [0.05, 0.1) is 18.4 Å². The van der Waals surface area contributed by atoms with Gasteiger partial charge in [0.2, 0.25) is 0 Å². The number of fused-ring (bicyclic) bond motifs is 2. The van der Waals surface area contributed by atoms with E-state index in [0.29, 0.717) is 6.04 Å². The fraction of sp³-hybridized carbons (Fsp3) is 0.550. The van der Waals surface area contributed by atoms with Crippen LogP contribution in [0.25, 0.3) is 0 Å². The van der Waals surface area contributed by atoms with E-state index < -0.39 is 0 Å². The first-order chi connectivity index (χ1) is 11.6. The normalized spacial score (nSPS) is 27.4. The van der Waals surface area contributed by atoms with Crippen LogP contribution in [0.2, 0.25) is 0 Å². The molecule has 0 unspecified atom stereocenters. The molecular weight excluding hydrogens is 298 g/mol. The smallest absolute Gasteiger partial charge is 0.0961 e. The summed E-state index contributed by atoms with van der Waals surface area (Å²) in [4.78, 5) is 2.57. The molecule has 24 heavy (non-hydrogen) atoms. The standard InChI is InChI=1S/C20H27N3O/c1-15-4-5-18-6-9-24-20(19(18)10-15)7-8-23(16(2)11-20)14-17-12-21-22(3)13-17/h4-5,10,12-13,16H,6-9,11,14H2,1-3H3/t16-,20+/m0/s1. The molecule has 0 saturated carbocycles. The van der Waals surface area contributed by atoms with Gasteiger partial charge >= 0.3 is 0 Å². The van der Waals surface area contributed by atoms with Gasteiger partial charge in [0, 0.05) is 37.9 Å². The lowest BCUT2D eigenvalue weighted by Crippen LogP contribution is -2.50. The fourth-order valence-electron chi connectivity index (χ4n) is 4.42. The molecule has 2 atom stereocenters. The molecule has 0 bridgehead atoms. The van der Waals surface area contributed by atoms with Crippen molar-refractivity contribution in [3.8, 4) is 0 Å². The minimum atomic E-state index is -0.0789.